The Morgan fingerprint density at radius 1 is 1.00 bits per heavy atom. The summed E-state index contributed by atoms with van der Waals surface area (Å²) in [5, 5.41) is 0. The summed E-state index contributed by atoms with van der Waals surface area (Å²) >= 11 is 0. The van der Waals surface area contributed by atoms with E-state index in [1.54, 1.807) is 19.1 Å². The molecule has 0 unspecified atom stereocenters. The van der Waals surface area contributed by atoms with E-state index in [1.165, 1.54) is 56.9 Å². The molecule has 0 atom stereocenters. The highest BCUT2D eigenvalue weighted by atomic mass is 19.1. The van der Waals surface area contributed by atoms with Crippen LogP contribution in [-0.2, 0) is 6.42 Å². The molecule has 2 nitrogen and oxygen atoms in total. The number of carbonyl (C=O) groups is 1. The lowest BCUT2D eigenvalue weighted by Gasteiger charge is -2.29. The third-order valence-electron chi connectivity index (χ3n) is 6.83. The van der Waals surface area contributed by atoms with Gasteiger partial charge in [-0.2, -0.15) is 0 Å². The highest BCUT2D eigenvalue weighted by Gasteiger charge is 2.22. The van der Waals surface area contributed by atoms with Crippen molar-refractivity contribution in [2.45, 2.75) is 84.5 Å². The Kier molecular flexibility index (Phi) is 8.69. The van der Waals surface area contributed by atoms with E-state index in [2.05, 4.69) is 31.2 Å². The number of unbranched alkanes of at least 4 members (excludes halogenated alkanes) is 2. The summed E-state index contributed by atoms with van der Waals surface area (Å²) in [4.78, 5) is 12.8. The molecule has 1 aliphatic rings. The average molecular weight is 425 g/mol. The molecule has 0 saturated heterocycles. The number of Topliss-reactive ketones (excluding diaryl/α,β-unsaturated/α-hetero) is 1. The standard InChI is InChI=1S/C28H37FO2/c1-4-6-7-8-21-9-13-23(14-10-21)24-15-11-22(12-16-24)19-26(30)25-17-18-27(31-5-2)28(29)20(25)3/h11-12,15-18,21,23H,4-10,13-14,19H2,1-3H3. The van der Waals surface area contributed by atoms with Gasteiger partial charge in [0.2, 0.25) is 0 Å². The van der Waals surface area contributed by atoms with Gasteiger partial charge in [-0.1, -0.05) is 56.9 Å². The van der Waals surface area contributed by atoms with Gasteiger partial charge in [-0.15, -0.1) is 0 Å². The third kappa shape index (κ3) is 6.18. The van der Waals surface area contributed by atoms with Crippen molar-refractivity contribution < 1.29 is 13.9 Å². The largest absolute Gasteiger partial charge is 0.491 e. The van der Waals surface area contributed by atoms with Gasteiger partial charge >= 0.3 is 0 Å². The zero-order valence-corrected chi connectivity index (χ0v) is 19.4. The van der Waals surface area contributed by atoms with Crippen molar-refractivity contribution in [2.24, 2.45) is 5.92 Å². The van der Waals surface area contributed by atoms with Gasteiger partial charge in [0.15, 0.2) is 17.3 Å². The Labute approximate surface area is 187 Å². The van der Waals surface area contributed by atoms with Crippen LogP contribution in [0.4, 0.5) is 4.39 Å². The highest BCUT2D eigenvalue weighted by molar-refractivity contribution is 5.99. The topological polar surface area (TPSA) is 26.3 Å². The monoisotopic (exact) mass is 424 g/mol. The first kappa shape index (κ1) is 23.5. The third-order valence-corrected chi connectivity index (χ3v) is 6.83. The smallest absolute Gasteiger partial charge is 0.168 e. The fourth-order valence-corrected chi connectivity index (χ4v) is 4.89. The van der Waals surface area contributed by atoms with Crippen LogP contribution in [-0.4, -0.2) is 12.4 Å². The van der Waals surface area contributed by atoms with Crippen molar-refractivity contribution in [1.82, 2.24) is 0 Å². The Morgan fingerprint density at radius 3 is 2.35 bits per heavy atom. The van der Waals surface area contributed by atoms with Crippen LogP contribution >= 0.6 is 0 Å². The molecular formula is C28H37FO2. The Morgan fingerprint density at radius 2 is 1.71 bits per heavy atom. The highest BCUT2D eigenvalue weighted by Crippen LogP contribution is 2.37. The van der Waals surface area contributed by atoms with Crippen molar-refractivity contribution in [3.05, 3.63) is 64.5 Å². The zero-order chi connectivity index (χ0) is 22.2. The molecule has 0 bridgehead atoms. The number of benzene rings is 2. The molecule has 0 spiro atoms. The molecule has 0 aromatic heterocycles. The number of hydrogen-bond donors (Lipinski definition) is 0. The normalized spacial score (nSPS) is 18.7. The molecule has 0 aliphatic heterocycles. The maximum absolute atomic E-state index is 14.4. The lowest BCUT2D eigenvalue weighted by atomic mass is 9.77. The van der Waals surface area contributed by atoms with E-state index in [0.29, 0.717) is 30.1 Å². The van der Waals surface area contributed by atoms with Crippen LogP contribution in [0, 0.1) is 18.7 Å². The summed E-state index contributed by atoms with van der Waals surface area (Å²) < 4.78 is 19.7. The van der Waals surface area contributed by atoms with Crippen LogP contribution < -0.4 is 4.74 Å². The van der Waals surface area contributed by atoms with E-state index >= 15 is 0 Å². The number of carbonyl (C=O) groups excluding carboxylic acids is 1. The minimum Gasteiger partial charge on any atom is -0.491 e. The van der Waals surface area contributed by atoms with E-state index in [-0.39, 0.29) is 11.5 Å². The summed E-state index contributed by atoms with van der Waals surface area (Å²) in [6.45, 7) is 6.13. The summed E-state index contributed by atoms with van der Waals surface area (Å²) in [5.41, 5.74) is 3.18. The zero-order valence-electron chi connectivity index (χ0n) is 19.4. The first-order valence-corrected chi connectivity index (χ1v) is 12.1. The molecule has 168 valence electrons. The first-order chi connectivity index (χ1) is 15.0. The summed E-state index contributed by atoms with van der Waals surface area (Å²) in [6.07, 6.45) is 11.0. The second kappa shape index (κ2) is 11.5. The van der Waals surface area contributed by atoms with Crippen LogP contribution in [0.25, 0.3) is 0 Å². The summed E-state index contributed by atoms with van der Waals surface area (Å²) in [5.74, 6) is 1.28. The molecule has 2 aromatic carbocycles. The fourth-order valence-electron chi connectivity index (χ4n) is 4.89. The van der Waals surface area contributed by atoms with Gasteiger partial charge in [-0.05, 0) is 80.2 Å². The van der Waals surface area contributed by atoms with Gasteiger partial charge in [0, 0.05) is 12.0 Å². The number of rotatable bonds is 10. The van der Waals surface area contributed by atoms with Gasteiger partial charge in [-0.25, -0.2) is 4.39 Å². The molecule has 0 N–H and O–H groups in total. The summed E-state index contributed by atoms with van der Waals surface area (Å²) in [7, 11) is 0. The van der Waals surface area contributed by atoms with Crippen molar-refractivity contribution >= 4 is 5.78 Å². The van der Waals surface area contributed by atoms with E-state index in [0.717, 1.165) is 11.5 Å². The van der Waals surface area contributed by atoms with Crippen LogP contribution in [0.1, 0.15) is 98.2 Å². The number of ether oxygens (including phenoxy) is 1. The number of hydrogen-bond acceptors (Lipinski definition) is 2. The molecule has 2 aromatic rings. The van der Waals surface area contributed by atoms with Crippen molar-refractivity contribution in [3.8, 4) is 5.75 Å². The molecule has 1 fully saturated rings. The van der Waals surface area contributed by atoms with Gasteiger partial charge in [-0.3, -0.25) is 4.79 Å². The van der Waals surface area contributed by atoms with E-state index in [4.69, 9.17) is 4.74 Å². The molecule has 1 aliphatic carbocycles. The van der Waals surface area contributed by atoms with Gasteiger partial charge < -0.3 is 4.74 Å². The molecular weight excluding hydrogens is 387 g/mol. The maximum Gasteiger partial charge on any atom is 0.168 e. The number of halogens is 1. The Balaban J connectivity index is 1.56. The van der Waals surface area contributed by atoms with E-state index < -0.39 is 5.82 Å². The van der Waals surface area contributed by atoms with Crippen molar-refractivity contribution in [1.29, 1.82) is 0 Å². The van der Waals surface area contributed by atoms with Crippen LogP contribution in [0.5, 0.6) is 5.75 Å². The quantitative estimate of drug-likeness (QED) is 0.287. The second-order valence-corrected chi connectivity index (χ2v) is 9.04. The molecule has 0 heterocycles. The van der Waals surface area contributed by atoms with Crippen LogP contribution in [0.15, 0.2) is 36.4 Å². The summed E-state index contributed by atoms with van der Waals surface area (Å²) in [6, 6.07) is 11.8. The van der Waals surface area contributed by atoms with E-state index in [9.17, 15) is 9.18 Å². The van der Waals surface area contributed by atoms with Gasteiger partial charge in [0.25, 0.3) is 0 Å². The minimum atomic E-state index is -0.437. The van der Waals surface area contributed by atoms with Crippen molar-refractivity contribution in [2.75, 3.05) is 6.61 Å². The fraction of sp³-hybridized carbons (Fsp3) is 0.536. The first-order valence-electron chi connectivity index (χ1n) is 12.1. The molecule has 31 heavy (non-hydrogen) atoms. The van der Waals surface area contributed by atoms with Gasteiger partial charge in [0.05, 0.1) is 6.61 Å². The lowest BCUT2D eigenvalue weighted by Crippen LogP contribution is -2.13. The molecule has 1 saturated carbocycles. The van der Waals surface area contributed by atoms with Crippen LogP contribution in [0.2, 0.25) is 0 Å². The number of ketones is 1. The predicted octanol–water partition coefficient (Wildman–Crippen LogP) is 7.81. The van der Waals surface area contributed by atoms with Crippen molar-refractivity contribution in [3.63, 3.8) is 0 Å². The molecule has 0 radical (unpaired) electrons. The Hall–Kier alpha value is -2.16. The molecule has 3 heteroatoms. The molecule has 3 rings (SSSR count). The Bertz CT molecular complexity index is 848. The predicted molar refractivity (Wildman–Crippen MR) is 126 cm³/mol. The van der Waals surface area contributed by atoms with Gasteiger partial charge in [0.1, 0.15) is 0 Å². The average Bonchev–Trinajstić information content (AvgIpc) is 2.78. The molecule has 0 amide bonds. The second-order valence-electron chi connectivity index (χ2n) is 9.04. The van der Waals surface area contributed by atoms with E-state index in [1.807, 2.05) is 6.92 Å². The lowest BCUT2D eigenvalue weighted by molar-refractivity contribution is 0.0991. The van der Waals surface area contributed by atoms with Crippen LogP contribution in [0.3, 0.4) is 0 Å². The SMILES string of the molecule is CCCCCC1CCC(c2ccc(CC(=O)c3ccc(OCC)c(F)c3C)cc2)CC1. The minimum absolute atomic E-state index is 0.0558. The maximum atomic E-state index is 14.4.